The van der Waals surface area contributed by atoms with Gasteiger partial charge in [0.15, 0.2) is 0 Å². The van der Waals surface area contributed by atoms with E-state index in [1.54, 1.807) is 18.2 Å². The molecule has 0 amide bonds. The third-order valence-electron chi connectivity index (χ3n) is 2.98. The van der Waals surface area contributed by atoms with Crippen molar-refractivity contribution < 1.29 is 4.39 Å². The minimum atomic E-state index is -0.264. The summed E-state index contributed by atoms with van der Waals surface area (Å²) in [6.45, 7) is 0. The van der Waals surface area contributed by atoms with Crippen molar-refractivity contribution in [3.63, 3.8) is 0 Å². The van der Waals surface area contributed by atoms with E-state index in [2.05, 4.69) is 9.97 Å². The molecule has 0 unspecified atom stereocenters. The van der Waals surface area contributed by atoms with Crippen LogP contribution in [0.3, 0.4) is 0 Å². The summed E-state index contributed by atoms with van der Waals surface area (Å²) in [5.74, 6) is -0.264. The average molecular weight is 285 g/mol. The van der Waals surface area contributed by atoms with Gasteiger partial charge in [0.2, 0.25) is 0 Å². The Morgan fingerprint density at radius 1 is 0.850 bits per heavy atom. The maximum Gasteiger partial charge on any atom is 0.133 e. The quantitative estimate of drug-likeness (QED) is 0.643. The van der Waals surface area contributed by atoms with E-state index in [-0.39, 0.29) is 5.82 Å². The second kappa shape index (κ2) is 5.39. The molecule has 0 aliphatic carbocycles. The molecule has 1 aromatic heterocycles. The first-order valence-corrected chi connectivity index (χ1v) is 6.45. The Morgan fingerprint density at radius 2 is 1.65 bits per heavy atom. The molecule has 0 bridgehead atoms. The van der Waals surface area contributed by atoms with Crippen molar-refractivity contribution in [2.24, 2.45) is 0 Å². The minimum Gasteiger partial charge on any atom is -0.236 e. The van der Waals surface area contributed by atoms with Crippen molar-refractivity contribution in [3.05, 3.63) is 71.9 Å². The van der Waals surface area contributed by atoms with Crippen LogP contribution in [0.4, 0.5) is 4.39 Å². The number of aromatic nitrogens is 2. The summed E-state index contributed by atoms with van der Waals surface area (Å²) in [5.41, 5.74) is 2.83. The molecular weight excluding hydrogens is 275 g/mol. The predicted molar refractivity (Wildman–Crippen MR) is 77.9 cm³/mol. The zero-order valence-electron chi connectivity index (χ0n) is 10.4. The second-order valence-corrected chi connectivity index (χ2v) is 4.67. The normalized spacial score (nSPS) is 10.5. The second-order valence-electron chi connectivity index (χ2n) is 4.29. The third-order valence-corrected chi connectivity index (χ3v) is 3.19. The van der Waals surface area contributed by atoms with Crippen molar-refractivity contribution in [1.29, 1.82) is 0 Å². The standard InChI is InChI=1S/C16H10ClFN2/c17-16-9-15(19-10-20-16)12-6-7-14(18)13(8-12)11-4-2-1-3-5-11/h1-10H. The molecule has 0 fully saturated rings. The van der Waals surface area contributed by atoms with Crippen LogP contribution in [0.5, 0.6) is 0 Å². The maximum atomic E-state index is 14.0. The van der Waals surface area contributed by atoms with E-state index in [4.69, 9.17) is 11.6 Å². The molecular formula is C16H10ClFN2. The molecule has 3 aromatic rings. The van der Waals surface area contributed by atoms with Gasteiger partial charge in [0.1, 0.15) is 17.3 Å². The van der Waals surface area contributed by atoms with E-state index in [0.717, 1.165) is 11.1 Å². The van der Waals surface area contributed by atoms with Gasteiger partial charge in [-0.05, 0) is 23.8 Å². The van der Waals surface area contributed by atoms with Crippen LogP contribution in [-0.2, 0) is 0 Å². The Labute approximate surface area is 120 Å². The highest BCUT2D eigenvalue weighted by Gasteiger charge is 2.08. The summed E-state index contributed by atoms with van der Waals surface area (Å²) in [6, 6.07) is 15.9. The molecule has 0 saturated heterocycles. The van der Waals surface area contributed by atoms with Crippen LogP contribution in [0.2, 0.25) is 5.15 Å². The molecule has 0 atom stereocenters. The zero-order valence-corrected chi connectivity index (χ0v) is 11.2. The van der Waals surface area contributed by atoms with E-state index in [1.165, 1.54) is 12.4 Å². The first-order valence-electron chi connectivity index (χ1n) is 6.07. The van der Waals surface area contributed by atoms with Gasteiger partial charge in [0, 0.05) is 17.2 Å². The van der Waals surface area contributed by atoms with Crippen LogP contribution in [-0.4, -0.2) is 9.97 Å². The molecule has 3 rings (SSSR count). The number of nitrogens with zero attached hydrogens (tertiary/aromatic N) is 2. The maximum absolute atomic E-state index is 14.0. The van der Waals surface area contributed by atoms with Gasteiger partial charge >= 0.3 is 0 Å². The lowest BCUT2D eigenvalue weighted by molar-refractivity contribution is 0.631. The Hall–Kier alpha value is -2.26. The van der Waals surface area contributed by atoms with Gasteiger partial charge in [-0.1, -0.05) is 41.9 Å². The number of hydrogen-bond acceptors (Lipinski definition) is 2. The molecule has 0 aliphatic heterocycles. The van der Waals surface area contributed by atoms with Crippen LogP contribution in [0.25, 0.3) is 22.4 Å². The Bertz CT molecular complexity index is 744. The summed E-state index contributed by atoms with van der Waals surface area (Å²) in [4.78, 5) is 8.00. The van der Waals surface area contributed by atoms with E-state index in [1.807, 2.05) is 30.3 Å². The SMILES string of the molecule is Fc1ccc(-c2cc(Cl)ncn2)cc1-c1ccccc1. The molecule has 20 heavy (non-hydrogen) atoms. The van der Waals surface area contributed by atoms with Crippen LogP contribution < -0.4 is 0 Å². The highest BCUT2D eigenvalue weighted by molar-refractivity contribution is 6.29. The smallest absolute Gasteiger partial charge is 0.133 e. The number of hydrogen-bond donors (Lipinski definition) is 0. The summed E-state index contributed by atoms with van der Waals surface area (Å²) >= 11 is 5.86. The highest BCUT2D eigenvalue weighted by atomic mass is 35.5. The number of rotatable bonds is 2. The first-order chi connectivity index (χ1) is 9.74. The molecule has 4 heteroatoms. The summed E-state index contributed by atoms with van der Waals surface area (Å²) in [5, 5.41) is 0.362. The number of halogens is 2. The van der Waals surface area contributed by atoms with Gasteiger partial charge in [-0.15, -0.1) is 0 Å². The van der Waals surface area contributed by atoms with Gasteiger partial charge in [0.05, 0.1) is 5.69 Å². The zero-order chi connectivity index (χ0) is 13.9. The van der Waals surface area contributed by atoms with Gasteiger partial charge in [-0.2, -0.15) is 0 Å². The largest absolute Gasteiger partial charge is 0.236 e. The van der Waals surface area contributed by atoms with Crippen LogP contribution >= 0.6 is 11.6 Å². The first kappa shape index (κ1) is 12.8. The topological polar surface area (TPSA) is 25.8 Å². The molecule has 0 radical (unpaired) electrons. The Morgan fingerprint density at radius 3 is 2.40 bits per heavy atom. The van der Waals surface area contributed by atoms with Crippen LogP contribution in [0.1, 0.15) is 0 Å². The lowest BCUT2D eigenvalue weighted by atomic mass is 10.0. The summed E-state index contributed by atoms with van der Waals surface area (Å²) in [6.07, 6.45) is 1.39. The molecule has 0 N–H and O–H groups in total. The van der Waals surface area contributed by atoms with E-state index >= 15 is 0 Å². The Balaban J connectivity index is 2.12. The summed E-state index contributed by atoms with van der Waals surface area (Å²) in [7, 11) is 0. The van der Waals surface area contributed by atoms with Crippen molar-refractivity contribution in [2.45, 2.75) is 0 Å². The average Bonchev–Trinajstić information content (AvgIpc) is 2.48. The molecule has 0 spiro atoms. The van der Waals surface area contributed by atoms with Crippen molar-refractivity contribution in [2.75, 3.05) is 0 Å². The lowest BCUT2D eigenvalue weighted by Crippen LogP contribution is -1.89. The van der Waals surface area contributed by atoms with E-state index in [9.17, 15) is 4.39 Å². The molecule has 0 saturated carbocycles. The monoisotopic (exact) mass is 284 g/mol. The summed E-state index contributed by atoms with van der Waals surface area (Å²) < 4.78 is 14.0. The van der Waals surface area contributed by atoms with Crippen LogP contribution in [0.15, 0.2) is 60.9 Å². The van der Waals surface area contributed by atoms with Crippen molar-refractivity contribution in [1.82, 2.24) is 9.97 Å². The van der Waals surface area contributed by atoms with Crippen molar-refractivity contribution >= 4 is 11.6 Å². The van der Waals surface area contributed by atoms with Crippen molar-refractivity contribution in [3.8, 4) is 22.4 Å². The lowest BCUT2D eigenvalue weighted by Gasteiger charge is -2.07. The fourth-order valence-corrected chi connectivity index (χ4v) is 2.16. The van der Waals surface area contributed by atoms with E-state index in [0.29, 0.717) is 16.4 Å². The van der Waals surface area contributed by atoms with Gasteiger partial charge in [-0.3, -0.25) is 0 Å². The number of benzene rings is 2. The van der Waals surface area contributed by atoms with Gasteiger partial charge < -0.3 is 0 Å². The minimum absolute atomic E-state index is 0.264. The van der Waals surface area contributed by atoms with Gasteiger partial charge in [-0.25, -0.2) is 14.4 Å². The van der Waals surface area contributed by atoms with Gasteiger partial charge in [0.25, 0.3) is 0 Å². The predicted octanol–water partition coefficient (Wildman–Crippen LogP) is 4.60. The molecule has 1 heterocycles. The molecule has 0 aliphatic rings. The van der Waals surface area contributed by atoms with Crippen LogP contribution in [0, 0.1) is 5.82 Å². The molecule has 98 valence electrons. The molecule has 2 nitrogen and oxygen atoms in total. The Kier molecular flexibility index (Phi) is 3.44. The van der Waals surface area contributed by atoms with E-state index < -0.39 is 0 Å². The fourth-order valence-electron chi connectivity index (χ4n) is 2.01. The highest BCUT2D eigenvalue weighted by Crippen LogP contribution is 2.28. The molecule has 2 aromatic carbocycles. The third kappa shape index (κ3) is 2.53. The fraction of sp³-hybridized carbons (Fsp3) is 0.